The molecule has 0 spiro atoms. The lowest BCUT2D eigenvalue weighted by Crippen LogP contribution is -2.27. The Balaban J connectivity index is 2.05. The van der Waals surface area contributed by atoms with Crippen molar-refractivity contribution in [2.75, 3.05) is 38.8 Å². The molecule has 106 valence electrons. The highest BCUT2D eigenvalue weighted by Crippen LogP contribution is 2.21. The number of aromatic nitrogens is 2. The Bertz CT molecular complexity index is 390. The Labute approximate surface area is 114 Å². The zero-order valence-corrected chi connectivity index (χ0v) is 11.8. The molecule has 0 saturated carbocycles. The summed E-state index contributed by atoms with van der Waals surface area (Å²) in [5, 5.41) is 3.25. The molecule has 0 amide bonds. The molecular formula is C13H22N4O2. The minimum atomic E-state index is 0.0872. The first-order valence-corrected chi connectivity index (χ1v) is 6.60. The van der Waals surface area contributed by atoms with Crippen LogP contribution in [0.1, 0.15) is 12.6 Å². The van der Waals surface area contributed by atoms with Gasteiger partial charge in [0.05, 0.1) is 11.9 Å². The summed E-state index contributed by atoms with van der Waals surface area (Å²) >= 11 is 0. The number of ether oxygens (including phenoxy) is 2. The standard InChI is InChI=1S/C13H22N4O2/c1-4-14-5-10-6-15-7-13(16-10)17-8-11(18-2)12(9-17)19-3/h6-7,11-12,14H,4-5,8-9H2,1-3H3. The molecule has 6 nitrogen and oxygen atoms in total. The molecule has 2 atom stereocenters. The van der Waals surface area contributed by atoms with Gasteiger partial charge in [0.25, 0.3) is 0 Å². The van der Waals surface area contributed by atoms with E-state index in [1.807, 2.05) is 0 Å². The highest BCUT2D eigenvalue weighted by atomic mass is 16.5. The van der Waals surface area contributed by atoms with Gasteiger partial charge in [-0.3, -0.25) is 4.98 Å². The Morgan fingerprint density at radius 2 is 1.95 bits per heavy atom. The zero-order chi connectivity index (χ0) is 13.7. The first-order chi connectivity index (χ1) is 9.28. The summed E-state index contributed by atoms with van der Waals surface area (Å²) < 4.78 is 10.9. The second kappa shape index (κ2) is 6.79. The fourth-order valence-electron chi connectivity index (χ4n) is 2.27. The van der Waals surface area contributed by atoms with Gasteiger partial charge in [-0.1, -0.05) is 6.92 Å². The third kappa shape index (κ3) is 3.40. The van der Waals surface area contributed by atoms with Gasteiger partial charge in [-0.05, 0) is 6.54 Å². The van der Waals surface area contributed by atoms with Crippen LogP contribution in [-0.4, -0.2) is 56.0 Å². The highest BCUT2D eigenvalue weighted by molar-refractivity contribution is 5.39. The van der Waals surface area contributed by atoms with E-state index >= 15 is 0 Å². The van der Waals surface area contributed by atoms with Gasteiger partial charge >= 0.3 is 0 Å². The summed E-state index contributed by atoms with van der Waals surface area (Å²) in [6, 6.07) is 0. The monoisotopic (exact) mass is 266 g/mol. The van der Waals surface area contributed by atoms with Gasteiger partial charge in [-0.25, -0.2) is 4.98 Å². The molecule has 2 rings (SSSR count). The first kappa shape index (κ1) is 14.2. The van der Waals surface area contributed by atoms with Crippen LogP contribution in [0.2, 0.25) is 0 Å². The fourth-order valence-corrected chi connectivity index (χ4v) is 2.27. The molecule has 0 aromatic carbocycles. The van der Waals surface area contributed by atoms with Crippen molar-refractivity contribution < 1.29 is 9.47 Å². The van der Waals surface area contributed by atoms with Crippen molar-refractivity contribution >= 4 is 5.82 Å². The van der Waals surface area contributed by atoms with Gasteiger partial charge in [0.2, 0.25) is 0 Å². The Morgan fingerprint density at radius 1 is 1.26 bits per heavy atom. The Hall–Kier alpha value is -1.24. The topological polar surface area (TPSA) is 59.5 Å². The van der Waals surface area contributed by atoms with E-state index in [9.17, 15) is 0 Å². The molecule has 2 heterocycles. The molecule has 1 aliphatic rings. The van der Waals surface area contributed by atoms with Crippen LogP contribution in [0.3, 0.4) is 0 Å². The third-order valence-corrected chi connectivity index (χ3v) is 3.37. The van der Waals surface area contributed by atoms with Crippen LogP contribution in [0, 0.1) is 0 Å². The van der Waals surface area contributed by atoms with E-state index in [1.165, 1.54) is 0 Å². The first-order valence-electron chi connectivity index (χ1n) is 6.60. The van der Waals surface area contributed by atoms with E-state index in [2.05, 4.69) is 27.1 Å². The quantitative estimate of drug-likeness (QED) is 0.806. The highest BCUT2D eigenvalue weighted by Gasteiger charge is 2.33. The van der Waals surface area contributed by atoms with Crippen molar-refractivity contribution in [1.29, 1.82) is 0 Å². The predicted octanol–water partition coefficient (Wildman–Crippen LogP) is 0.436. The van der Waals surface area contributed by atoms with Gasteiger partial charge in [0.15, 0.2) is 0 Å². The Morgan fingerprint density at radius 3 is 2.53 bits per heavy atom. The number of anilines is 1. The predicted molar refractivity (Wildman–Crippen MR) is 73.2 cm³/mol. The number of hydrogen-bond donors (Lipinski definition) is 1. The average molecular weight is 266 g/mol. The molecule has 1 aromatic rings. The molecule has 1 N–H and O–H groups in total. The minimum Gasteiger partial charge on any atom is -0.377 e. The number of nitrogens with zero attached hydrogens (tertiary/aromatic N) is 3. The maximum Gasteiger partial charge on any atom is 0.147 e. The summed E-state index contributed by atoms with van der Waals surface area (Å²) in [6.45, 7) is 5.31. The summed E-state index contributed by atoms with van der Waals surface area (Å²) in [5.41, 5.74) is 0.953. The van der Waals surface area contributed by atoms with Gasteiger partial charge in [0, 0.05) is 40.1 Å². The van der Waals surface area contributed by atoms with Gasteiger partial charge in [-0.15, -0.1) is 0 Å². The lowest BCUT2D eigenvalue weighted by atomic mass is 10.3. The van der Waals surface area contributed by atoms with Crippen LogP contribution in [0.15, 0.2) is 12.4 Å². The van der Waals surface area contributed by atoms with E-state index in [0.29, 0.717) is 0 Å². The lowest BCUT2D eigenvalue weighted by Gasteiger charge is -2.17. The number of nitrogens with one attached hydrogen (secondary N) is 1. The molecule has 0 radical (unpaired) electrons. The van der Waals surface area contributed by atoms with Crippen LogP contribution in [0.5, 0.6) is 0 Å². The maximum absolute atomic E-state index is 5.43. The molecule has 1 fully saturated rings. The van der Waals surface area contributed by atoms with Crippen molar-refractivity contribution in [3.05, 3.63) is 18.1 Å². The van der Waals surface area contributed by atoms with Crippen LogP contribution < -0.4 is 10.2 Å². The minimum absolute atomic E-state index is 0.0872. The van der Waals surface area contributed by atoms with E-state index in [0.717, 1.165) is 37.7 Å². The molecule has 0 bridgehead atoms. The van der Waals surface area contributed by atoms with Crippen molar-refractivity contribution in [2.45, 2.75) is 25.7 Å². The summed E-state index contributed by atoms with van der Waals surface area (Å²) in [6.07, 6.45) is 3.76. The second-order valence-electron chi connectivity index (χ2n) is 4.60. The van der Waals surface area contributed by atoms with E-state index in [-0.39, 0.29) is 12.2 Å². The normalized spacial score (nSPS) is 23.0. The molecule has 1 aliphatic heterocycles. The number of methoxy groups -OCH3 is 2. The van der Waals surface area contributed by atoms with Crippen LogP contribution in [0.25, 0.3) is 0 Å². The van der Waals surface area contributed by atoms with Gasteiger partial charge < -0.3 is 19.7 Å². The molecular weight excluding hydrogens is 244 g/mol. The molecule has 2 unspecified atom stereocenters. The van der Waals surface area contributed by atoms with Crippen molar-refractivity contribution in [3.8, 4) is 0 Å². The largest absolute Gasteiger partial charge is 0.377 e. The molecule has 1 aromatic heterocycles. The van der Waals surface area contributed by atoms with E-state index < -0.39 is 0 Å². The van der Waals surface area contributed by atoms with E-state index in [1.54, 1.807) is 26.6 Å². The SMILES string of the molecule is CCNCc1cncc(N2CC(OC)C(OC)C2)n1. The smallest absolute Gasteiger partial charge is 0.147 e. The molecule has 1 saturated heterocycles. The third-order valence-electron chi connectivity index (χ3n) is 3.37. The number of hydrogen-bond acceptors (Lipinski definition) is 6. The zero-order valence-electron chi connectivity index (χ0n) is 11.8. The van der Waals surface area contributed by atoms with Crippen molar-refractivity contribution in [3.63, 3.8) is 0 Å². The lowest BCUT2D eigenvalue weighted by molar-refractivity contribution is -0.00461. The van der Waals surface area contributed by atoms with E-state index in [4.69, 9.17) is 9.47 Å². The van der Waals surface area contributed by atoms with Crippen molar-refractivity contribution in [1.82, 2.24) is 15.3 Å². The number of rotatable bonds is 6. The maximum atomic E-state index is 5.43. The molecule has 19 heavy (non-hydrogen) atoms. The van der Waals surface area contributed by atoms with Gasteiger partial charge in [0.1, 0.15) is 18.0 Å². The Kier molecular flexibility index (Phi) is 5.07. The van der Waals surface area contributed by atoms with Crippen LogP contribution in [-0.2, 0) is 16.0 Å². The summed E-state index contributed by atoms with van der Waals surface area (Å²) in [5.74, 6) is 0.886. The van der Waals surface area contributed by atoms with Gasteiger partial charge in [-0.2, -0.15) is 0 Å². The average Bonchev–Trinajstić information content (AvgIpc) is 2.88. The second-order valence-corrected chi connectivity index (χ2v) is 4.60. The molecule has 6 heteroatoms. The van der Waals surface area contributed by atoms with Crippen molar-refractivity contribution in [2.24, 2.45) is 0 Å². The molecule has 0 aliphatic carbocycles. The van der Waals surface area contributed by atoms with Crippen LogP contribution in [0.4, 0.5) is 5.82 Å². The fraction of sp³-hybridized carbons (Fsp3) is 0.692. The summed E-state index contributed by atoms with van der Waals surface area (Å²) in [4.78, 5) is 11.0. The summed E-state index contributed by atoms with van der Waals surface area (Å²) in [7, 11) is 3.43. The van der Waals surface area contributed by atoms with Crippen LogP contribution >= 0.6 is 0 Å².